The second-order valence-corrected chi connectivity index (χ2v) is 19.1. The second-order valence-electron chi connectivity index (χ2n) is 19.1. The summed E-state index contributed by atoms with van der Waals surface area (Å²) < 4.78 is 55.5. The molecule has 12 nitrogen and oxygen atoms in total. The molecule has 9 rings (SSSR count). The Hall–Kier alpha value is -4.88. The third-order valence-electron chi connectivity index (χ3n) is 16.0. The van der Waals surface area contributed by atoms with Crippen LogP contribution in [0.15, 0.2) is 24.3 Å². The van der Waals surface area contributed by atoms with E-state index in [0.717, 1.165) is 165 Å². The molecule has 0 atom stereocenters. The Kier molecular flexibility index (Phi) is 14.3. The second kappa shape index (κ2) is 20.2. The lowest BCUT2D eigenvalue weighted by atomic mass is 9.78. The van der Waals surface area contributed by atoms with Crippen molar-refractivity contribution in [3.05, 3.63) is 91.0 Å². The molecule has 4 aliphatic heterocycles. The predicted molar refractivity (Wildman–Crippen MR) is 267 cm³/mol. The van der Waals surface area contributed by atoms with E-state index in [2.05, 4.69) is 127 Å². The zero-order valence-corrected chi connectivity index (χ0v) is 43.0. The molecule has 0 unspecified atom stereocenters. The highest BCUT2D eigenvalue weighted by Crippen LogP contribution is 2.56. The van der Waals surface area contributed by atoms with Gasteiger partial charge in [-0.05, 0) is 76.6 Å². The first kappa shape index (κ1) is 48.2. The van der Waals surface area contributed by atoms with E-state index in [1.807, 2.05) is 0 Å². The quantitative estimate of drug-likeness (QED) is 0.107. The Labute approximate surface area is 405 Å². The maximum absolute atomic E-state index is 6.94. The molecule has 368 valence electrons. The lowest BCUT2D eigenvalue weighted by Gasteiger charge is -2.37. The molecule has 0 spiro atoms. The molecule has 0 radical (unpaired) electrons. The van der Waals surface area contributed by atoms with E-state index >= 15 is 0 Å². The van der Waals surface area contributed by atoms with Gasteiger partial charge >= 0.3 is 0 Å². The van der Waals surface area contributed by atoms with Crippen LogP contribution in [0.2, 0.25) is 0 Å². The van der Waals surface area contributed by atoms with E-state index in [1.54, 1.807) is 0 Å². The van der Waals surface area contributed by atoms with Crippen molar-refractivity contribution in [2.45, 2.75) is 133 Å². The fraction of sp³-hybridized carbons (Fsp3) is 0.571. The molecule has 0 amide bonds. The summed E-state index contributed by atoms with van der Waals surface area (Å²) in [5.74, 6) is 6.07. The first-order chi connectivity index (χ1) is 33.0. The van der Waals surface area contributed by atoms with Crippen LogP contribution < -0.4 is 37.9 Å². The zero-order valence-electron chi connectivity index (χ0n) is 43.0. The molecule has 4 heterocycles. The van der Waals surface area contributed by atoms with Gasteiger partial charge in [-0.1, -0.05) is 83.1 Å². The van der Waals surface area contributed by atoms with Crippen molar-refractivity contribution in [1.29, 1.82) is 0 Å². The highest BCUT2D eigenvalue weighted by Gasteiger charge is 2.40. The molecule has 68 heavy (non-hydrogen) atoms. The lowest BCUT2D eigenvalue weighted by Crippen LogP contribution is -2.29. The highest BCUT2D eigenvalue weighted by atomic mass is 16.7. The minimum absolute atomic E-state index is 0.0319. The Bertz CT molecular complexity index is 2030. The van der Waals surface area contributed by atoms with Gasteiger partial charge in [-0.25, -0.2) is 0 Å². The summed E-state index contributed by atoms with van der Waals surface area (Å²) in [4.78, 5) is 9.73. The minimum Gasteiger partial charge on any atom is -0.457 e. The summed E-state index contributed by atoms with van der Waals surface area (Å²) in [7, 11) is 0. The molecule has 1 aliphatic carbocycles. The smallest absolute Gasteiger partial charge is 0.230 e. The summed E-state index contributed by atoms with van der Waals surface area (Å²) >= 11 is 0. The zero-order chi connectivity index (χ0) is 48.0. The summed E-state index contributed by atoms with van der Waals surface area (Å²) in [6.07, 6.45) is 0. The summed E-state index contributed by atoms with van der Waals surface area (Å²) in [6, 6.07) is 9.51. The summed E-state index contributed by atoms with van der Waals surface area (Å²) in [6.45, 7) is 36.8. The van der Waals surface area contributed by atoms with Crippen LogP contribution in [-0.4, -0.2) is 99.1 Å². The molecule has 8 bridgehead atoms. The topological polar surface area (TPSA) is 86.8 Å². The number of nitrogens with zero attached hydrogens (tertiary/aromatic N) is 4. The fourth-order valence-electron chi connectivity index (χ4n) is 11.5. The Balaban J connectivity index is 1.44. The number of hydrogen-bond donors (Lipinski definition) is 0. The highest BCUT2D eigenvalue weighted by molar-refractivity contribution is 5.69. The van der Waals surface area contributed by atoms with Gasteiger partial charge in [0.1, 0.15) is 46.0 Å². The van der Waals surface area contributed by atoms with Crippen LogP contribution in [0, 0.1) is 0 Å². The molecule has 12 heteroatoms. The van der Waals surface area contributed by atoms with Crippen LogP contribution in [0.4, 0.5) is 0 Å². The number of hydrogen-bond acceptors (Lipinski definition) is 12. The standard InChI is InChI=1S/C56H76N4O8/c1-13-57(14-2)25-45-49-37-21-38-34(10)40-23-42-36(12)44-24-43-35(11)41-22-39(33(37)9)51(63-29-61-49)46(26-58(15-3)16-4)53(41)65-31-67-55(43)48(28-60(19-7)20-8)56(44)68-32-66-54(42)47(27-59(17-5)18-6)52(40)64-30-62-50(38)45/h21-24,33-36H,13-20,25-32H2,1-12H3. The maximum Gasteiger partial charge on any atom is 0.230 e. The first-order valence-corrected chi connectivity index (χ1v) is 25.7. The molecule has 0 saturated heterocycles. The summed E-state index contributed by atoms with van der Waals surface area (Å²) in [5.41, 5.74) is 13.1. The van der Waals surface area contributed by atoms with Crippen LogP contribution in [0.25, 0.3) is 0 Å². The molecule has 4 aromatic rings. The van der Waals surface area contributed by atoms with Crippen molar-refractivity contribution < 1.29 is 37.9 Å². The normalized spacial score (nSPS) is 19.6. The fourth-order valence-corrected chi connectivity index (χ4v) is 11.5. The van der Waals surface area contributed by atoms with Gasteiger partial charge in [0.15, 0.2) is 0 Å². The van der Waals surface area contributed by atoms with Crippen LogP contribution >= 0.6 is 0 Å². The van der Waals surface area contributed by atoms with Crippen molar-refractivity contribution in [3.63, 3.8) is 0 Å². The van der Waals surface area contributed by atoms with E-state index in [4.69, 9.17) is 37.9 Å². The SMILES string of the molecule is CCN(CC)Cc1c2c3cc4c1OCOc1c(cc5c(c1CN(CC)CC)OCOc1c(cc6c(c1CN(CC)CC)OCOc1c(cc(c(c1CN(CC)CC)OCO2)C3C)C6C)C5C)C4C. The molecule has 0 N–H and O–H groups in total. The molecular weight excluding hydrogens is 857 g/mol. The molecule has 0 aromatic heterocycles. The van der Waals surface area contributed by atoms with Gasteiger partial charge in [0.05, 0.1) is 22.3 Å². The Morgan fingerprint density at radius 1 is 0.294 bits per heavy atom. The Morgan fingerprint density at radius 3 is 0.574 bits per heavy atom. The van der Waals surface area contributed by atoms with Gasteiger partial charge in [-0.15, -0.1) is 0 Å². The van der Waals surface area contributed by atoms with Crippen molar-refractivity contribution in [2.24, 2.45) is 0 Å². The van der Waals surface area contributed by atoms with Crippen LogP contribution in [0.1, 0.15) is 174 Å². The molecule has 0 fully saturated rings. The van der Waals surface area contributed by atoms with Gasteiger partial charge in [-0.3, -0.25) is 19.6 Å². The van der Waals surface area contributed by atoms with Gasteiger partial charge in [0.2, 0.25) is 27.2 Å². The van der Waals surface area contributed by atoms with Crippen molar-refractivity contribution in [3.8, 4) is 46.0 Å². The predicted octanol–water partition coefficient (Wildman–Crippen LogP) is 10.9. The van der Waals surface area contributed by atoms with Crippen molar-refractivity contribution in [2.75, 3.05) is 79.5 Å². The largest absolute Gasteiger partial charge is 0.457 e. The number of rotatable bonds is 16. The number of ether oxygens (including phenoxy) is 8. The Morgan fingerprint density at radius 2 is 0.441 bits per heavy atom. The van der Waals surface area contributed by atoms with Gasteiger partial charge in [0.25, 0.3) is 0 Å². The number of benzene rings is 4. The molecular formula is C56H76N4O8. The average molecular weight is 933 g/mol. The van der Waals surface area contributed by atoms with Crippen LogP contribution in [0.3, 0.4) is 0 Å². The first-order valence-electron chi connectivity index (χ1n) is 25.7. The van der Waals surface area contributed by atoms with E-state index in [9.17, 15) is 0 Å². The van der Waals surface area contributed by atoms with E-state index in [-0.39, 0.29) is 50.8 Å². The monoisotopic (exact) mass is 933 g/mol. The van der Waals surface area contributed by atoms with Crippen LogP contribution in [0.5, 0.6) is 46.0 Å². The minimum atomic E-state index is -0.129. The van der Waals surface area contributed by atoms with E-state index < -0.39 is 0 Å². The van der Waals surface area contributed by atoms with Gasteiger partial charge in [0, 0.05) is 94.4 Å². The van der Waals surface area contributed by atoms with Crippen LogP contribution in [-0.2, 0) is 26.2 Å². The summed E-state index contributed by atoms with van der Waals surface area (Å²) in [5, 5.41) is 0. The average Bonchev–Trinajstić information content (AvgIpc) is 3.34. The molecule has 5 aliphatic rings. The van der Waals surface area contributed by atoms with Gasteiger partial charge in [-0.2, -0.15) is 0 Å². The van der Waals surface area contributed by atoms with Gasteiger partial charge < -0.3 is 37.9 Å². The maximum atomic E-state index is 6.94. The molecule has 0 saturated carbocycles. The van der Waals surface area contributed by atoms with E-state index in [1.165, 1.54) is 0 Å². The third-order valence-corrected chi connectivity index (χ3v) is 16.0. The lowest BCUT2D eigenvalue weighted by molar-refractivity contribution is 0.0911. The molecule has 4 aromatic carbocycles. The van der Waals surface area contributed by atoms with Crippen molar-refractivity contribution in [1.82, 2.24) is 19.6 Å². The van der Waals surface area contributed by atoms with Crippen molar-refractivity contribution >= 4 is 0 Å². The third kappa shape index (κ3) is 8.30. The van der Waals surface area contributed by atoms with E-state index in [0.29, 0.717) is 26.2 Å².